The van der Waals surface area contributed by atoms with Gasteiger partial charge in [0.15, 0.2) is 0 Å². The van der Waals surface area contributed by atoms with Gasteiger partial charge in [-0.2, -0.15) is 0 Å². The van der Waals surface area contributed by atoms with Crippen LogP contribution in [0.2, 0.25) is 0 Å². The van der Waals surface area contributed by atoms with Gasteiger partial charge in [0.2, 0.25) is 0 Å². The molecule has 72 valence electrons. The molecule has 1 aromatic carbocycles. The van der Waals surface area contributed by atoms with Crippen molar-refractivity contribution < 1.29 is 9.50 Å². The third-order valence-corrected chi connectivity index (χ3v) is 1.71. The number of hydrogen-bond acceptors (Lipinski definition) is 2. The monoisotopic (exact) mass is 183 g/mol. The molecule has 1 unspecified atom stereocenters. The summed E-state index contributed by atoms with van der Waals surface area (Å²) in [6.07, 6.45) is -0.472. The summed E-state index contributed by atoms with van der Waals surface area (Å²) in [5, 5.41) is 11.8. The molecule has 0 amide bonds. The van der Waals surface area contributed by atoms with Crippen LogP contribution < -0.4 is 5.32 Å². The van der Waals surface area contributed by atoms with Crippen molar-refractivity contribution in [2.75, 3.05) is 11.9 Å². The van der Waals surface area contributed by atoms with Crippen LogP contribution in [0, 0.1) is 12.7 Å². The van der Waals surface area contributed by atoms with Crippen LogP contribution in [-0.4, -0.2) is 17.8 Å². The van der Waals surface area contributed by atoms with Crippen LogP contribution in [0.1, 0.15) is 12.5 Å². The molecule has 0 spiro atoms. The van der Waals surface area contributed by atoms with E-state index in [9.17, 15) is 4.39 Å². The number of anilines is 1. The number of aliphatic hydroxyl groups is 1. The van der Waals surface area contributed by atoms with Crippen LogP contribution >= 0.6 is 0 Å². The Labute approximate surface area is 77.4 Å². The van der Waals surface area contributed by atoms with Gasteiger partial charge in [0.1, 0.15) is 5.82 Å². The number of aliphatic hydroxyl groups excluding tert-OH is 1. The molecule has 0 aliphatic heterocycles. The zero-order valence-electron chi connectivity index (χ0n) is 7.84. The minimum Gasteiger partial charge on any atom is -0.392 e. The van der Waals surface area contributed by atoms with E-state index in [-0.39, 0.29) is 5.82 Å². The Bertz CT molecular complexity index is 286. The molecule has 1 rings (SSSR count). The molecular weight excluding hydrogens is 169 g/mol. The van der Waals surface area contributed by atoms with E-state index in [4.69, 9.17) is 5.11 Å². The van der Waals surface area contributed by atoms with Crippen molar-refractivity contribution in [3.63, 3.8) is 0 Å². The van der Waals surface area contributed by atoms with Gasteiger partial charge in [-0.05, 0) is 31.5 Å². The van der Waals surface area contributed by atoms with Gasteiger partial charge in [-0.25, -0.2) is 4.39 Å². The zero-order chi connectivity index (χ0) is 9.84. The smallest absolute Gasteiger partial charge is 0.146 e. The molecule has 2 nitrogen and oxygen atoms in total. The van der Waals surface area contributed by atoms with E-state index >= 15 is 0 Å². The van der Waals surface area contributed by atoms with E-state index in [1.807, 2.05) is 6.92 Å². The van der Waals surface area contributed by atoms with Crippen molar-refractivity contribution in [1.29, 1.82) is 0 Å². The number of hydrogen-bond donors (Lipinski definition) is 2. The minimum absolute atomic E-state index is 0.286. The van der Waals surface area contributed by atoms with Crippen LogP contribution in [-0.2, 0) is 0 Å². The van der Waals surface area contributed by atoms with Crippen LogP contribution in [0.25, 0.3) is 0 Å². The first-order chi connectivity index (χ1) is 6.09. The van der Waals surface area contributed by atoms with E-state index in [0.29, 0.717) is 12.2 Å². The summed E-state index contributed by atoms with van der Waals surface area (Å²) in [5.74, 6) is -0.286. The maximum Gasteiger partial charge on any atom is 0.146 e. The summed E-state index contributed by atoms with van der Waals surface area (Å²) in [5.41, 5.74) is 1.44. The fourth-order valence-corrected chi connectivity index (χ4v) is 1.03. The van der Waals surface area contributed by atoms with Crippen molar-refractivity contribution >= 4 is 5.69 Å². The highest BCUT2D eigenvalue weighted by Gasteiger charge is 2.02. The molecule has 0 saturated heterocycles. The highest BCUT2D eigenvalue weighted by Crippen LogP contribution is 2.15. The van der Waals surface area contributed by atoms with Crippen molar-refractivity contribution in [3.05, 3.63) is 29.6 Å². The summed E-state index contributed by atoms with van der Waals surface area (Å²) in [4.78, 5) is 0. The number of halogens is 1. The molecule has 0 saturated carbocycles. The standard InChI is InChI=1S/C10H14FNO/c1-7-3-4-9(11)10(5-7)12-6-8(2)13/h3-5,8,12-13H,6H2,1-2H3. The van der Waals surface area contributed by atoms with Crippen molar-refractivity contribution in [2.45, 2.75) is 20.0 Å². The molecule has 0 bridgehead atoms. The van der Waals surface area contributed by atoms with E-state index < -0.39 is 6.10 Å². The molecule has 0 aliphatic carbocycles. The van der Waals surface area contributed by atoms with Gasteiger partial charge in [-0.1, -0.05) is 6.07 Å². The largest absolute Gasteiger partial charge is 0.392 e. The van der Waals surface area contributed by atoms with Crippen molar-refractivity contribution in [2.24, 2.45) is 0 Å². The molecule has 3 heteroatoms. The Hall–Kier alpha value is -1.09. The summed E-state index contributed by atoms with van der Waals surface area (Å²) < 4.78 is 13.1. The molecule has 0 aliphatic rings. The van der Waals surface area contributed by atoms with Crippen molar-refractivity contribution in [3.8, 4) is 0 Å². The van der Waals surface area contributed by atoms with Gasteiger partial charge in [-0.3, -0.25) is 0 Å². The lowest BCUT2D eigenvalue weighted by Gasteiger charge is -2.09. The number of benzene rings is 1. The maximum atomic E-state index is 13.1. The van der Waals surface area contributed by atoms with Gasteiger partial charge in [-0.15, -0.1) is 0 Å². The molecule has 0 fully saturated rings. The van der Waals surface area contributed by atoms with Crippen LogP contribution in [0.3, 0.4) is 0 Å². The fourth-order valence-electron chi connectivity index (χ4n) is 1.03. The predicted molar refractivity (Wildman–Crippen MR) is 51.3 cm³/mol. The first-order valence-corrected chi connectivity index (χ1v) is 4.27. The Balaban J connectivity index is 2.70. The lowest BCUT2D eigenvalue weighted by Crippen LogP contribution is -2.16. The second-order valence-corrected chi connectivity index (χ2v) is 3.21. The average molecular weight is 183 g/mol. The fraction of sp³-hybridized carbons (Fsp3) is 0.400. The molecular formula is C10H14FNO. The van der Waals surface area contributed by atoms with Crippen molar-refractivity contribution in [1.82, 2.24) is 0 Å². The van der Waals surface area contributed by atoms with E-state index in [1.165, 1.54) is 6.07 Å². The van der Waals surface area contributed by atoms with Gasteiger partial charge in [0, 0.05) is 6.54 Å². The molecule has 0 aromatic heterocycles. The second kappa shape index (κ2) is 4.23. The molecule has 1 atom stereocenters. The molecule has 0 heterocycles. The van der Waals surface area contributed by atoms with Crippen LogP contribution in [0.5, 0.6) is 0 Å². The molecule has 2 N–H and O–H groups in total. The van der Waals surface area contributed by atoms with Crippen LogP contribution in [0.15, 0.2) is 18.2 Å². The summed E-state index contributed by atoms with van der Waals surface area (Å²) in [6, 6.07) is 4.85. The number of rotatable bonds is 3. The summed E-state index contributed by atoms with van der Waals surface area (Å²) in [6.45, 7) is 3.91. The highest BCUT2D eigenvalue weighted by atomic mass is 19.1. The Morgan fingerprint density at radius 3 is 2.85 bits per heavy atom. The Morgan fingerprint density at radius 1 is 1.54 bits per heavy atom. The quantitative estimate of drug-likeness (QED) is 0.750. The van der Waals surface area contributed by atoms with Gasteiger partial charge >= 0.3 is 0 Å². The Kier molecular flexibility index (Phi) is 3.25. The SMILES string of the molecule is Cc1ccc(F)c(NCC(C)O)c1. The maximum absolute atomic E-state index is 13.1. The lowest BCUT2D eigenvalue weighted by molar-refractivity contribution is 0.208. The predicted octanol–water partition coefficient (Wildman–Crippen LogP) is 1.93. The van der Waals surface area contributed by atoms with E-state index in [0.717, 1.165) is 5.56 Å². The first kappa shape index (κ1) is 9.99. The van der Waals surface area contributed by atoms with Gasteiger partial charge in [0.25, 0.3) is 0 Å². The van der Waals surface area contributed by atoms with Crippen LogP contribution in [0.4, 0.5) is 10.1 Å². The minimum atomic E-state index is -0.472. The first-order valence-electron chi connectivity index (χ1n) is 4.27. The van der Waals surface area contributed by atoms with E-state index in [1.54, 1.807) is 19.1 Å². The van der Waals surface area contributed by atoms with Gasteiger partial charge < -0.3 is 10.4 Å². The third-order valence-electron chi connectivity index (χ3n) is 1.71. The number of nitrogens with one attached hydrogen (secondary N) is 1. The molecule has 13 heavy (non-hydrogen) atoms. The van der Waals surface area contributed by atoms with E-state index in [2.05, 4.69) is 5.32 Å². The second-order valence-electron chi connectivity index (χ2n) is 3.21. The van der Waals surface area contributed by atoms with Gasteiger partial charge in [0.05, 0.1) is 11.8 Å². The zero-order valence-corrected chi connectivity index (χ0v) is 7.84. The highest BCUT2D eigenvalue weighted by molar-refractivity contribution is 5.47. The number of aryl methyl sites for hydroxylation is 1. The third kappa shape index (κ3) is 3.03. The average Bonchev–Trinajstić information content (AvgIpc) is 2.06. The Morgan fingerprint density at radius 2 is 2.23 bits per heavy atom. The lowest BCUT2D eigenvalue weighted by atomic mass is 10.2. The molecule has 1 aromatic rings. The normalized spacial score (nSPS) is 12.6. The summed E-state index contributed by atoms with van der Waals surface area (Å²) in [7, 11) is 0. The summed E-state index contributed by atoms with van der Waals surface area (Å²) >= 11 is 0. The molecule has 0 radical (unpaired) electrons. The topological polar surface area (TPSA) is 32.3 Å².